The Balaban J connectivity index is 0.000000567. The highest BCUT2D eigenvalue weighted by Gasteiger charge is 2.46. The van der Waals surface area contributed by atoms with Gasteiger partial charge in [-0.15, -0.1) is 0 Å². The Kier molecular flexibility index (Phi) is 8.15. The first-order chi connectivity index (χ1) is 9.67. The molecule has 0 saturated carbocycles. The van der Waals surface area contributed by atoms with Gasteiger partial charge in [-0.05, 0) is 19.4 Å². The van der Waals surface area contributed by atoms with Gasteiger partial charge in [0.1, 0.15) is 30.2 Å². The highest BCUT2D eigenvalue weighted by atomic mass is 16.6. The summed E-state index contributed by atoms with van der Waals surface area (Å²) in [7, 11) is 1.31. The average Bonchev–Trinajstić information content (AvgIpc) is 2.72. The van der Waals surface area contributed by atoms with E-state index in [1.807, 2.05) is 0 Å². The van der Waals surface area contributed by atoms with Gasteiger partial charge in [-0.3, -0.25) is 0 Å². The second kappa shape index (κ2) is 8.75. The lowest BCUT2D eigenvalue weighted by molar-refractivity contribution is -0.144. The summed E-state index contributed by atoms with van der Waals surface area (Å²) >= 11 is 0. The number of allylic oxidation sites excluding steroid dienone is 1. The molecule has 1 saturated heterocycles. The third-order valence-corrected chi connectivity index (χ3v) is 2.75. The van der Waals surface area contributed by atoms with Crippen molar-refractivity contribution in [3.05, 3.63) is 24.0 Å². The smallest absolute Gasteiger partial charge is 0.329 e. The molecule has 5 atom stereocenters. The molecule has 1 heterocycles. The minimum absolute atomic E-state index is 0.333. The highest BCUT2D eigenvalue weighted by molar-refractivity contribution is 5.80. The van der Waals surface area contributed by atoms with E-state index < -0.39 is 36.7 Å². The highest BCUT2D eigenvalue weighted by Crippen LogP contribution is 2.25. The van der Waals surface area contributed by atoms with E-state index in [1.165, 1.54) is 7.11 Å². The maximum Gasteiger partial charge on any atom is 0.329 e. The van der Waals surface area contributed by atoms with E-state index in [9.17, 15) is 25.2 Å². The molecule has 0 radical (unpaired) electrons. The van der Waals surface area contributed by atoms with Crippen LogP contribution in [0.3, 0.4) is 0 Å². The van der Waals surface area contributed by atoms with Crippen molar-refractivity contribution >= 4 is 5.97 Å². The molecule has 8 nitrogen and oxygen atoms in total. The van der Waals surface area contributed by atoms with E-state index in [2.05, 4.69) is 11.3 Å². The fourth-order valence-electron chi connectivity index (χ4n) is 1.48. The van der Waals surface area contributed by atoms with Crippen LogP contribution in [-0.2, 0) is 14.3 Å². The SMILES string of the molecule is C=CC(=O)OC.CC(C)=C(O)[C@@H](O)[C@H]1OC(O)[C@H](O)[C@H]1O. The first-order valence-electron chi connectivity index (χ1n) is 6.11. The summed E-state index contributed by atoms with van der Waals surface area (Å²) in [6, 6.07) is 0. The van der Waals surface area contributed by atoms with E-state index in [4.69, 9.17) is 9.84 Å². The first kappa shape index (κ1) is 19.6. The number of methoxy groups -OCH3 is 1. The lowest BCUT2D eigenvalue weighted by atomic mass is 10.0. The molecule has 0 amide bonds. The van der Waals surface area contributed by atoms with Gasteiger partial charge >= 0.3 is 5.97 Å². The second-order valence-corrected chi connectivity index (χ2v) is 4.53. The minimum atomic E-state index is -1.55. The Morgan fingerprint density at radius 2 is 1.81 bits per heavy atom. The molecule has 122 valence electrons. The van der Waals surface area contributed by atoms with E-state index >= 15 is 0 Å². The monoisotopic (exact) mass is 306 g/mol. The van der Waals surface area contributed by atoms with Crippen LogP contribution in [0.25, 0.3) is 0 Å². The molecule has 1 fully saturated rings. The summed E-state index contributed by atoms with van der Waals surface area (Å²) in [5, 5.41) is 46.6. The number of rotatable bonds is 3. The molecule has 8 heteroatoms. The van der Waals surface area contributed by atoms with Gasteiger partial charge < -0.3 is 35.0 Å². The number of carbonyl (C=O) groups excluding carboxylic acids is 1. The standard InChI is InChI=1S/C9H16O6.C4H6O2/c1-3(2)4(10)5(11)8-6(12)7(13)9(14)15-8;1-3-4(5)6-2/h5-14H,1-2H3;3H,1H2,2H3/t5-,6-,7-,8-,9?;/m1./s1. The van der Waals surface area contributed by atoms with Crippen LogP contribution < -0.4 is 0 Å². The van der Waals surface area contributed by atoms with Gasteiger partial charge in [0.15, 0.2) is 6.29 Å². The van der Waals surface area contributed by atoms with Gasteiger partial charge in [0.05, 0.1) is 7.11 Å². The molecule has 21 heavy (non-hydrogen) atoms. The Labute approximate surface area is 122 Å². The van der Waals surface area contributed by atoms with E-state index in [1.54, 1.807) is 13.8 Å². The van der Waals surface area contributed by atoms with Crippen molar-refractivity contribution in [3.63, 3.8) is 0 Å². The summed E-state index contributed by atoms with van der Waals surface area (Å²) in [4.78, 5) is 9.84. The molecule has 0 spiro atoms. The van der Waals surface area contributed by atoms with Crippen LogP contribution in [0.15, 0.2) is 24.0 Å². The molecule has 1 rings (SSSR count). The number of ether oxygens (including phenoxy) is 2. The van der Waals surface area contributed by atoms with Gasteiger partial charge in [0.25, 0.3) is 0 Å². The number of esters is 1. The molecule has 5 N–H and O–H groups in total. The maximum absolute atomic E-state index is 9.84. The zero-order valence-corrected chi connectivity index (χ0v) is 12.1. The molecule has 0 aromatic carbocycles. The fourth-order valence-corrected chi connectivity index (χ4v) is 1.48. The van der Waals surface area contributed by atoms with Gasteiger partial charge in [-0.25, -0.2) is 4.79 Å². The van der Waals surface area contributed by atoms with E-state index in [0.717, 1.165) is 6.08 Å². The third-order valence-electron chi connectivity index (χ3n) is 2.75. The summed E-state index contributed by atoms with van der Waals surface area (Å²) in [6.45, 7) is 6.31. The summed E-state index contributed by atoms with van der Waals surface area (Å²) in [5.41, 5.74) is 0.467. The van der Waals surface area contributed by atoms with Crippen LogP contribution in [0.1, 0.15) is 13.8 Å². The quantitative estimate of drug-likeness (QED) is 0.254. The Morgan fingerprint density at radius 3 is 2.05 bits per heavy atom. The molecule has 0 aliphatic carbocycles. The Bertz CT molecular complexity index is 388. The Hall–Kier alpha value is -1.45. The van der Waals surface area contributed by atoms with E-state index in [-0.39, 0.29) is 5.76 Å². The minimum Gasteiger partial charge on any atom is -0.510 e. The summed E-state index contributed by atoms with van der Waals surface area (Å²) in [6.07, 6.45) is -6.04. The predicted octanol–water partition coefficient (Wildman–Crippen LogP) is -1.02. The number of aliphatic hydroxyl groups excluding tert-OH is 5. The maximum atomic E-state index is 9.84. The number of hydrogen-bond acceptors (Lipinski definition) is 8. The largest absolute Gasteiger partial charge is 0.510 e. The molecular formula is C13H22O8. The lowest BCUT2D eigenvalue weighted by Crippen LogP contribution is -2.40. The Morgan fingerprint density at radius 1 is 1.29 bits per heavy atom. The number of carbonyl (C=O) groups is 1. The normalized spacial score (nSPS) is 28.9. The fraction of sp³-hybridized carbons (Fsp3) is 0.615. The summed E-state index contributed by atoms with van der Waals surface area (Å²) < 4.78 is 8.87. The van der Waals surface area contributed by atoms with Crippen LogP contribution in [0.4, 0.5) is 0 Å². The molecule has 1 aliphatic rings. The van der Waals surface area contributed by atoms with Crippen LogP contribution in [-0.4, -0.2) is 69.3 Å². The molecule has 0 aromatic heterocycles. The van der Waals surface area contributed by atoms with Crippen LogP contribution in [0.2, 0.25) is 0 Å². The zero-order chi connectivity index (χ0) is 16.7. The van der Waals surface area contributed by atoms with Gasteiger partial charge in [-0.2, -0.15) is 0 Å². The molecule has 0 aromatic rings. The lowest BCUT2D eigenvalue weighted by Gasteiger charge is -2.20. The molecule has 1 aliphatic heterocycles. The molecule has 0 bridgehead atoms. The topological polar surface area (TPSA) is 137 Å². The average molecular weight is 306 g/mol. The second-order valence-electron chi connectivity index (χ2n) is 4.53. The van der Waals surface area contributed by atoms with Crippen molar-refractivity contribution in [2.24, 2.45) is 0 Å². The van der Waals surface area contributed by atoms with Gasteiger partial charge in [0, 0.05) is 6.08 Å². The number of aliphatic hydroxyl groups is 5. The van der Waals surface area contributed by atoms with Gasteiger partial charge in [-0.1, -0.05) is 6.58 Å². The van der Waals surface area contributed by atoms with Crippen molar-refractivity contribution in [1.82, 2.24) is 0 Å². The summed E-state index contributed by atoms with van der Waals surface area (Å²) in [5.74, 6) is -0.727. The van der Waals surface area contributed by atoms with Crippen LogP contribution in [0.5, 0.6) is 0 Å². The zero-order valence-electron chi connectivity index (χ0n) is 12.1. The van der Waals surface area contributed by atoms with Crippen molar-refractivity contribution in [2.75, 3.05) is 7.11 Å². The van der Waals surface area contributed by atoms with Crippen LogP contribution >= 0.6 is 0 Å². The predicted molar refractivity (Wildman–Crippen MR) is 72.1 cm³/mol. The van der Waals surface area contributed by atoms with Crippen molar-refractivity contribution in [3.8, 4) is 0 Å². The van der Waals surface area contributed by atoms with Crippen molar-refractivity contribution < 1.29 is 39.8 Å². The van der Waals surface area contributed by atoms with Crippen molar-refractivity contribution in [2.45, 2.75) is 44.6 Å². The van der Waals surface area contributed by atoms with E-state index in [0.29, 0.717) is 5.57 Å². The van der Waals surface area contributed by atoms with Crippen molar-refractivity contribution in [1.29, 1.82) is 0 Å². The third kappa shape index (κ3) is 5.44. The molecular weight excluding hydrogens is 284 g/mol. The first-order valence-corrected chi connectivity index (χ1v) is 6.11. The molecule has 1 unspecified atom stereocenters. The number of hydrogen-bond donors (Lipinski definition) is 5. The van der Waals surface area contributed by atoms with Gasteiger partial charge in [0.2, 0.25) is 0 Å². The van der Waals surface area contributed by atoms with Crippen LogP contribution in [0, 0.1) is 0 Å².